The van der Waals surface area contributed by atoms with Gasteiger partial charge < -0.3 is 10.1 Å². The Hall–Kier alpha value is -3.89. The number of nitrogens with one attached hydrogen (secondary N) is 1. The molecule has 1 amide bonds. The van der Waals surface area contributed by atoms with Gasteiger partial charge in [-0.1, -0.05) is 35.9 Å². The van der Waals surface area contributed by atoms with Crippen molar-refractivity contribution in [2.75, 3.05) is 6.54 Å². The molecule has 0 aliphatic rings. The zero-order chi connectivity index (χ0) is 20.8. The highest BCUT2D eigenvalue weighted by atomic mass is 35.5. The van der Waals surface area contributed by atoms with Crippen LogP contribution in [0.2, 0.25) is 5.02 Å². The molecule has 1 N–H and O–H groups in total. The van der Waals surface area contributed by atoms with Gasteiger partial charge in [-0.3, -0.25) is 14.0 Å². The van der Waals surface area contributed by atoms with E-state index in [0.29, 0.717) is 10.7 Å². The van der Waals surface area contributed by atoms with E-state index in [0.717, 1.165) is 6.08 Å². The van der Waals surface area contributed by atoms with E-state index in [1.54, 1.807) is 48.5 Å². The fraction of sp³-hybridized carbons (Fsp3) is 0.0476. The molecule has 7 nitrogen and oxygen atoms in total. The first-order valence-corrected chi connectivity index (χ1v) is 8.87. The highest BCUT2D eigenvalue weighted by Gasteiger charge is 2.17. The summed E-state index contributed by atoms with van der Waals surface area (Å²) in [4.78, 5) is 29.6. The molecule has 0 atom stereocenters. The van der Waals surface area contributed by atoms with Crippen LogP contribution in [-0.4, -0.2) is 21.8 Å². The molecule has 144 valence electrons. The predicted molar refractivity (Wildman–Crippen MR) is 110 cm³/mol. The minimum atomic E-state index is -0.645. The summed E-state index contributed by atoms with van der Waals surface area (Å²) in [5.41, 5.74) is -0.488. The average Bonchev–Trinajstić information content (AvgIpc) is 2.73. The monoisotopic (exact) mass is 406 g/mol. The van der Waals surface area contributed by atoms with E-state index in [9.17, 15) is 14.9 Å². The van der Waals surface area contributed by atoms with Gasteiger partial charge in [0, 0.05) is 12.7 Å². The molecule has 1 aromatic carbocycles. The molecule has 29 heavy (non-hydrogen) atoms. The van der Waals surface area contributed by atoms with Crippen molar-refractivity contribution in [3.8, 4) is 17.7 Å². The molecule has 3 aromatic rings. The van der Waals surface area contributed by atoms with Crippen LogP contribution in [0.3, 0.4) is 0 Å². The number of benzene rings is 1. The van der Waals surface area contributed by atoms with Gasteiger partial charge in [0.1, 0.15) is 28.6 Å². The molecule has 8 heteroatoms. The van der Waals surface area contributed by atoms with Crippen molar-refractivity contribution in [3.05, 3.63) is 87.8 Å². The first-order valence-electron chi connectivity index (χ1n) is 8.50. The van der Waals surface area contributed by atoms with E-state index in [1.165, 1.54) is 16.7 Å². The van der Waals surface area contributed by atoms with Crippen LogP contribution in [0.4, 0.5) is 0 Å². The number of carbonyl (C=O) groups excluding carboxylic acids is 1. The summed E-state index contributed by atoms with van der Waals surface area (Å²) < 4.78 is 7.07. The lowest BCUT2D eigenvalue weighted by atomic mass is 10.1. The van der Waals surface area contributed by atoms with Gasteiger partial charge in [0.15, 0.2) is 0 Å². The van der Waals surface area contributed by atoms with Crippen LogP contribution in [0.15, 0.2) is 71.7 Å². The summed E-state index contributed by atoms with van der Waals surface area (Å²) in [6.07, 6.45) is 4.16. The number of aromatic nitrogens is 2. The molecule has 2 aromatic heterocycles. The predicted octanol–water partition coefficient (Wildman–Crippen LogP) is 3.35. The Labute approximate surface area is 171 Å². The first-order chi connectivity index (χ1) is 14.0. The molecule has 0 fully saturated rings. The molecular weight excluding hydrogens is 392 g/mol. The van der Waals surface area contributed by atoms with Crippen LogP contribution in [0.25, 0.3) is 11.7 Å². The lowest BCUT2D eigenvalue weighted by Crippen LogP contribution is -2.25. The minimum absolute atomic E-state index is 0.0566. The normalized spacial score (nSPS) is 11.0. The second-order valence-corrected chi connectivity index (χ2v) is 6.17. The molecule has 0 saturated heterocycles. The highest BCUT2D eigenvalue weighted by molar-refractivity contribution is 6.32. The smallest absolute Gasteiger partial charge is 0.269 e. The average molecular weight is 407 g/mol. The lowest BCUT2D eigenvalue weighted by Gasteiger charge is -2.11. The SMILES string of the molecule is C=CCNC(=O)C(C#N)=Cc1c(Oc2ccccc2Cl)nc2ccccn2c1=O. The summed E-state index contributed by atoms with van der Waals surface area (Å²) >= 11 is 6.15. The summed E-state index contributed by atoms with van der Waals surface area (Å²) in [6, 6.07) is 13.5. The third kappa shape index (κ3) is 4.34. The summed E-state index contributed by atoms with van der Waals surface area (Å²) in [7, 11) is 0. The largest absolute Gasteiger partial charge is 0.437 e. The number of carbonyl (C=O) groups is 1. The van der Waals surface area contributed by atoms with Crippen LogP contribution >= 0.6 is 11.6 Å². The number of amides is 1. The summed E-state index contributed by atoms with van der Waals surface area (Å²) in [6.45, 7) is 3.68. The van der Waals surface area contributed by atoms with Crippen LogP contribution in [-0.2, 0) is 4.79 Å². The molecule has 0 spiro atoms. The summed E-state index contributed by atoms with van der Waals surface area (Å²) in [5, 5.41) is 12.2. The third-order valence-corrected chi connectivity index (χ3v) is 4.15. The molecular formula is C21H15ClN4O3. The topological polar surface area (TPSA) is 96.5 Å². The van der Waals surface area contributed by atoms with Gasteiger partial charge in [0.05, 0.1) is 5.02 Å². The Morgan fingerprint density at radius 3 is 2.79 bits per heavy atom. The first kappa shape index (κ1) is 19.9. The Bertz CT molecular complexity index is 1220. The molecule has 0 aliphatic carbocycles. The van der Waals surface area contributed by atoms with Gasteiger partial charge in [0.2, 0.25) is 5.88 Å². The van der Waals surface area contributed by atoms with Crippen molar-refractivity contribution < 1.29 is 9.53 Å². The quantitative estimate of drug-likeness (QED) is 0.384. The van der Waals surface area contributed by atoms with E-state index in [1.807, 2.05) is 0 Å². The van der Waals surface area contributed by atoms with Crippen molar-refractivity contribution in [2.45, 2.75) is 0 Å². The molecule has 2 heterocycles. The van der Waals surface area contributed by atoms with E-state index >= 15 is 0 Å². The number of rotatable bonds is 6. The number of hydrogen-bond donors (Lipinski definition) is 1. The number of nitriles is 1. The van der Waals surface area contributed by atoms with E-state index < -0.39 is 11.5 Å². The van der Waals surface area contributed by atoms with Crippen molar-refractivity contribution in [3.63, 3.8) is 0 Å². The maximum atomic E-state index is 13.0. The van der Waals surface area contributed by atoms with Crippen molar-refractivity contribution in [2.24, 2.45) is 0 Å². The van der Waals surface area contributed by atoms with Gasteiger partial charge in [-0.15, -0.1) is 6.58 Å². The number of hydrogen-bond acceptors (Lipinski definition) is 5. The highest BCUT2D eigenvalue weighted by Crippen LogP contribution is 2.29. The Morgan fingerprint density at radius 2 is 2.07 bits per heavy atom. The van der Waals surface area contributed by atoms with Crippen LogP contribution in [0.5, 0.6) is 11.6 Å². The number of pyridine rings is 1. The van der Waals surface area contributed by atoms with Gasteiger partial charge >= 0.3 is 0 Å². The standard InChI is InChI=1S/C21H15ClN4O3/c1-2-10-24-19(27)14(13-23)12-15-20(29-17-8-4-3-7-16(17)22)25-18-9-5-6-11-26(18)21(15)28/h2-9,11-12H,1,10H2,(H,24,27). The Balaban J connectivity index is 2.19. The molecule has 0 aliphatic heterocycles. The molecule has 0 unspecified atom stereocenters. The summed E-state index contributed by atoms with van der Waals surface area (Å²) in [5.74, 6) is -0.433. The molecule has 0 bridgehead atoms. The fourth-order valence-corrected chi connectivity index (χ4v) is 2.64. The van der Waals surface area contributed by atoms with E-state index in [4.69, 9.17) is 16.3 Å². The lowest BCUT2D eigenvalue weighted by molar-refractivity contribution is -0.116. The van der Waals surface area contributed by atoms with Crippen molar-refractivity contribution >= 4 is 29.2 Å². The fourth-order valence-electron chi connectivity index (χ4n) is 2.47. The second kappa shape index (κ2) is 8.87. The maximum Gasteiger partial charge on any atom is 0.269 e. The van der Waals surface area contributed by atoms with Crippen molar-refractivity contribution in [1.82, 2.24) is 14.7 Å². The zero-order valence-electron chi connectivity index (χ0n) is 15.1. The number of nitrogens with zero attached hydrogens (tertiary/aromatic N) is 3. The third-order valence-electron chi connectivity index (χ3n) is 3.84. The number of halogens is 1. The number of para-hydroxylation sites is 1. The van der Waals surface area contributed by atoms with Crippen LogP contribution in [0, 0.1) is 11.3 Å². The molecule has 3 rings (SSSR count). The minimum Gasteiger partial charge on any atom is -0.437 e. The van der Waals surface area contributed by atoms with Gasteiger partial charge in [-0.05, 0) is 30.3 Å². The van der Waals surface area contributed by atoms with Gasteiger partial charge in [0.25, 0.3) is 11.5 Å². The van der Waals surface area contributed by atoms with Crippen LogP contribution < -0.4 is 15.6 Å². The Kier molecular flexibility index (Phi) is 6.07. The van der Waals surface area contributed by atoms with E-state index in [2.05, 4.69) is 16.9 Å². The van der Waals surface area contributed by atoms with E-state index in [-0.39, 0.29) is 29.3 Å². The van der Waals surface area contributed by atoms with Gasteiger partial charge in [-0.2, -0.15) is 10.2 Å². The zero-order valence-corrected chi connectivity index (χ0v) is 15.9. The maximum absolute atomic E-state index is 13.0. The number of fused-ring (bicyclic) bond motifs is 1. The van der Waals surface area contributed by atoms with Crippen molar-refractivity contribution in [1.29, 1.82) is 5.26 Å². The van der Waals surface area contributed by atoms with Gasteiger partial charge in [-0.25, -0.2) is 0 Å². The number of ether oxygens (including phenoxy) is 1. The second-order valence-electron chi connectivity index (χ2n) is 5.77. The Morgan fingerprint density at radius 1 is 1.31 bits per heavy atom. The van der Waals surface area contributed by atoms with Crippen LogP contribution in [0.1, 0.15) is 5.56 Å². The molecule has 0 radical (unpaired) electrons. The molecule has 0 saturated carbocycles.